The molecule has 0 unspecified atom stereocenters. The quantitative estimate of drug-likeness (QED) is 0.338. The predicted molar refractivity (Wildman–Crippen MR) is 152 cm³/mol. The fourth-order valence-corrected chi connectivity index (χ4v) is 7.63. The second kappa shape index (κ2) is 11.1. The third kappa shape index (κ3) is 5.28. The summed E-state index contributed by atoms with van der Waals surface area (Å²) in [6.07, 6.45) is -2.31. The maximum atomic E-state index is 14.0. The number of aliphatic carboxylic acids is 1. The molecule has 2 aliphatic rings. The number of rotatable bonds is 6. The number of morpholine rings is 1. The topological polar surface area (TPSA) is 130 Å². The van der Waals surface area contributed by atoms with Crippen molar-refractivity contribution in [2.45, 2.75) is 49.8 Å². The van der Waals surface area contributed by atoms with Crippen LogP contribution in [0.1, 0.15) is 46.0 Å². The van der Waals surface area contributed by atoms with Crippen LogP contribution in [-0.2, 0) is 32.3 Å². The molecule has 1 aromatic carbocycles. The van der Waals surface area contributed by atoms with Crippen LogP contribution < -0.4 is 4.90 Å². The molecule has 4 aromatic rings. The number of pyridine rings is 2. The maximum absolute atomic E-state index is 14.0. The molecule has 3 aromatic heterocycles. The Kier molecular flexibility index (Phi) is 7.58. The number of aryl methyl sites for hydroxylation is 2. The van der Waals surface area contributed by atoms with E-state index in [1.165, 1.54) is 16.6 Å². The van der Waals surface area contributed by atoms with Gasteiger partial charge in [0, 0.05) is 37.9 Å². The van der Waals surface area contributed by atoms with E-state index >= 15 is 0 Å². The van der Waals surface area contributed by atoms with Crippen molar-refractivity contribution in [2.75, 3.05) is 31.2 Å². The number of halogens is 3. The number of sulfonamides is 1. The molecule has 1 N–H and O–H groups in total. The van der Waals surface area contributed by atoms with E-state index < -0.39 is 33.9 Å². The number of nitrogens with zero attached hydrogens (tertiary/aromatic N) is 6. The standard InChI is InChI=1S/C29H29F3N6O5S/c1-17-5-6-19(23(13-25(39)40)22-7-9-38-26(18(22)2)34-35-28(38)29(30,31)32)12-20(17)14-36-15-21-16-43-11-10-37(21)27-24(44(36,41)42)4-3-8-33-27/h3-9,12,21,23H,10-11,13-16H2,1-2H3,(H,39,40)/t21-,23-/m0/s1. The summed E-state index contributed by atoms with van der Waals surface area (Å²) in [6.45, 7) is 4.88. The van der Waals surface area contributed by atoms with Crippen LogP contribution in [0.2, 0.25) is 0 Å². The third-order valence-corrected chi connectivity index (χ3v) is 10.1. The van der Waals surface area contributed by atoms with Gasteiger partial charge in [-0.1, -0.05) is 18.2 Å². The Morgan fingerprint density at radius 2 is 1.98 bits per heavy atom. The minimum Gasteiger partial charge on any atom is -0.481 e. The van der Waals surface area contributed by atoms with E-state index in [-0.39, 0.29) is 36.1 Å². The lowest BCUT2D eigenvalue weighted by Crippen LogP contribution is -2.50. The molecule has 0 bridgehead atoms. The van der Waals surface area contributed by atoms with Crippen molar-refractivity contribution >= 4 is 27.5 Å². The highest BCUT2D eigenvalue weighted by Crippen LogP contribution is 2.37. The first-order valence-corrected chi connectivity index (χ1v) is 15.3. The number of aromatic nitrogens is 4. The van der Waals surface area contributed by atoms with Crippen LogP contribution in [-0.4, -0.2) is 75.7 Å². The molecule has 2 aliphatic heterocycles. The molecule has 1 fully saturated rings. The zero-order chi connectivity index (χ0) is 31.4. The molecule has 5 heterocycles. The zero-order valence-electron chi connectivity index (χ0n) is 23.8. The van der Waals surface area contributed by atoms with Crippen LogP contribution in [0.5, 0.6) is 0 Å². The van der Waals surface area contributed by atoms with E-state index in [0.717, 1.165) is 9.96 Å². The van der Waals surface area contributed by atoms with Crippen molar-refractivity contribution in [3.63, 3.8) is 0 Å². The smallest absolute Gasteiger partial charge is 0.452 e. The summed E-state index contributed by atoms with van der Waals surface area (Å²) in [5, 5.41) is 16.9. The summed E-state index contributed by atoms with van der Waals surface area (Å²) in [7, 11) is -3.97. The van der Waals surface area contributed by atoms with Crippen LogP contribution >= 0.6 is 0 Å². The van der Waals surface area contributed by atoms with E-state index in [1.807, 2.05) is 11.8 Å². The first-order chi connectivity index (χ1) is 20.9. The summed E-state index contributed by atoms with van der Waals surface area (Å²) >= 11 is 0. The molecule has 0 saturated carbocycles. The molecule has 0 spiro atoms. The van der Waals surface area contributed by atoms with Gasteiger partial charge in [0.25, 0.3) is 0 Å². The zero-order valence-corrected chi connectivity index (χ0v) is 24.6. The largest absolute Gasteiger partial charge is 0.481 e. The van der Waals surface area contributed by atoms with Gasteiger partial charge in [0.2, 0.25) is 15.8 Å². The summed E-state index contributed by atoms with van der Waals surface area (Å²) in [6, 6.07) is 9.66. The van der Waals surface area contributed by atoms with Crippen molar-refractivity contribution in [2.24, 2.45) is 0 Å². The number of carboxylic acid groups (broad SMARTS) is 1. The van der Waals surface area contributed by atoms with Crippen molar-refractivity contribution in [3.05, 3.63) is 82.4 Å². The summed E-state index contributed by atoms with van der Waals surface area (Å²) < 4.78 is 76.2. The molecule has 1 saturated heterocycles. The number of benzene rings is 1. The summed E-state index contributed by atoms with van der Waals surface area (Å²) in [4.78, 5) is 18.5. The second-order valence-electron chi connectivity index (χ2n) is 11.0. The molecule has 6 rings (SSSR count). The highest BCUT2D eigenvalue weighted by molar-refractivity contribution is 7.89. The van der Waals surface area contributed by atoms with Crippen LogP contribution in [0.15, 0.2) is 53.7 Å². The number of hydrogen-bond acceptors (Lipinski definition) is 8. The lowest BCUT2D eigenvalue weighted by Gasteiger charge is -2.36. The normalized spacial score (nSPS) is 19.3. The van der Waals surface area contributed by atoms with E-state index in [2.05, 4.69) is 15.2 Å². The maximum Gasteiger partial charge on any atom is 0.452 e. The minimum atomic E-state index is -4.72. The van der Waals surface area contributed by atoms with Gasteiger partial charge >= 0.3 is 12.1 Å². The van der Waals surface area contributed by atoms with E-state index in [4.69, 9.17) is 4.74 Å². The number of carbonyl (C=O) groups is 1. The lowest BCUT2D eigenvalue weighted by molar-refractivity contribution is -0.145. The Bertz CT molecular complexity index is 1860. The molecule has 11 nitrogen and oxygen atoms in total. The van der Waals surface area contributed by atoms with Gasteiger partial charge in [-0.2, -0.15) is 17.5 Å². The summed E-state index contributed by atoms with van der Waals surface area (Å²) in [5.41, 5.74) is 2.85. The minimum absolute atomic E-state index is 0.0115. The number of fused-ring (bicyclic) bond motifs is 4. The molecule has 0 radical (unpaired) electrons. The molecule has 2 atom stereocenters. The Labute approximate surface area is 251 Å². The Morgan fingerprint density at radius 3 is 2.73 bits per heavy atom. The first-order valence-electron chi connectivity index (χ1n) is 13.9. The van der Waals surface area contributed by atoms with E-state index in [9.17, 15) is 31.5 Å². The molecule has 0 amide bonds. The third-order valence-electron chi connectivity index (χ3n) is 8.28. The highest BCUT2D eigenvalue weighted by Gasteiger charge is 2.40. The van der Waals surface area contributed by atoms with Gasteiger partial charge in [-0.05, 0) is 59.9 Å². The fourth-order valence-electron chi connectivity index (χ4n) is 6.02. The highest BCUT2D eigenvalue weighted by atomic mass is 32.2. The van der Waals surface area contributed by atoms with Gasteiger partial charge in [-0.25, -0.2) is 13.4 Å². The van der Waals surface area contributed by atoms with Gasteiger partial charge < -0.3 is 14.7 Å². The molecular weight excluding hydrogens is 601 g/mol. The molecule has 232 valence electrons. The van der Waals surface area contributed by atoms with Gasteiger partial charge in [0.1, 0.15) is 10.7 Å². The number of anilines is 1. The molecule has 15 heteroatoms. The van der Waals surface area contributed by atoms with Crippen molar-refractivity contribution in [3.8, 4) is 0 Å². The number of ether oxygens (including phenoxy) is 1. The molecular formula is C29H29F3N6O5S. The number of alkyl halides is 3. The first kappa shape index (κ1) is 30.0. The van der Waals surface area contributed by atoms with E-state index in [1.54, 1.807) is 43.5 Å². The molecule has 0 aliphatic carbocycles. The van der Waals surface area contributed by atoms with Crippen molar-refractivity contribution < 1.29 is 36.2 Å². The fraction of sp³-hybridized carbons (Fsp3) is 0.379. The van der Waals surface area contributed by atoms with Crippen molar-refractivity contribution in [1.29, 1.82) is 0 Å². The average Bonchev–Trinajstić information content (AvgIpc) is 3.40. The lowest BCUT2D eigenvalue weighted by atomic mass is 9.85. The van der Waals surface area contributed by atoms with Gasteiger partial charge in [0.15, 0.2) is 5.65 Å². The average molecular weight is 631 g/mol. The van der Waals surface area contributed by atoms with Gasteiger partial charge in [-0.15, -0.1) is 10.2 Å². The predicted octanol–water partition coefficient (Wildman–Crippen LogP) is 3.78. The van der Waals surface area contributed by atoms with Gasteiger partial charge in [0.05, 0.1) is 25.7 Å². The molecule has 44 heavy (non-hydrogen) atoms. The van der Waals surface area contributed by atoms with Gasteiger partial charge in [-0.3, -0.25) is 9.20 Å². The van der Waals surface area contributed by atoms with Crippen LogP contribution in [0.4, 0.5) is 19.0 Å². The van der Waals surface area contributed by atoms with Crippen LogP contribution in [0.25, 0.3) is 5.65 Å². The number of carboxylic acids is 1. The Balaban J connectivity index is 1.40. The van der Waals surface area contributed by atoms with Crippen LogP contribution in [0, 0.1) is 13.8 Å². The second-order valence-corrected chi connectivity index (χ2v) is 12.9. The number of hydrogen-bond donors (Lipinski definition) is 1. The van der Waals surface area contributed by atoms with Crippen molar-refractivity contribution in [1.82, 2.24) is 23.9 Å². The Hall–Kier alpha value is -4.08. The SMILES string of the molecule is Cc1ccc([C@H](CC(=O)O)c2ccn3c(C(F)(F)F)nnc3c2C)cc1CN1C[C@H]2COCCN2c2ncccc2S1(=O)=O. The van der Waals surface area contributed by atoms with E-state index in [0.29, 0.717) is 47.8 Å². The van der Waals surface area contributed by atoms with Crippen LogP contribution in [0.3, 0.4) is 0 Å². The monoisotopic (exact) mass is 630 g/mol. The summed E-state index contributed by atoms with van der Waals surface area (Å²) in [5.74, 6) is -2.64. The Morgan fingerprint density at radius 1 is 1.18 bits per heavy atom.